The van der Waals surface area contributed by atoms with Gasteiger partial charge in [0.2, 0.25) is 11.8 Å². The second-order valence-corrected chi connectivity index (χ2v) is 11.0. The molecule has 0 radical (unpaired) electrons. The van der Waals surface area contributed by atoms with Gasteiger partial charge < -0.3 is 19.6 Å². The molecule has 180 valence electrons. The molecule has 3 aliphatic heterocycles. The van der Waals surface area contributed by atoms with E-state index in [1.807, 2.05) is 13.8 Å². The van der Waals surface area contributed by atoms with Crippen molar-refractivity contribution in [1.29, 1.82) is 0 Å². The second-order valence-electron chi connectivity index (χ2n) is 9.49. The molecule has 2 bridgehead atoms. The maximum Gasteiger partial charge on any atom is 0.310 e. The van der Waals surface area contributed by atoms with E-state index in [0.29, 0.717) is 25.9 Å². The normalized spacial score (nSPS) is 33.0. The Bertz CT molecular complexity index is 744. The summed E-state index contributed by atoms with van der Waals surface area (Å²) in [6.07, 6.45) is 4.70. The Morgan fingerprint density at radius 1 is 1.38 bits per heavy atom. The molecule has 3 fully saturated rings. The van der Waals surface area contributed by atoms with Crippen LogP contribution in [0.5, 0.6) is 0 Å². The number of amides is 2. The molecular formula is C24H38N2O5S. The SMILES string of the molecule is C=CCN(C(=O)C1N(CCCCCO)C(=O)[C@@H]2[C@@H](C(=O)OCC)[C@H]3CC(C)C12S3)C(C)C. The quantitative estimate of drug-likeness (QED) is 0.286. The molecule has 0 aromatic heterocycles. The van der Waals surface area contributed by atoms with Gasteiger partial charge in [-0.3, -0.25) is 14.4 Å². The zero-order chi connectivity index (χ0) is 23.6. The van der Waals surface area contributed by atoms with Crippen LogP contribution in [-0.2, 0) is 19.1 Å². The summed E-state index contributed by atoms with van der Waals surface area (Å²) in [7, 11) is 0. The third-order valence-corrected chi connectivity index (χ3v) is 9.40. The second kappa shape index (κ2) is 10.2. The molecule has 0 aromatic rings. The van der Waals surface area contributed by atoms with E-state index in [1.165, 1.54) is 0 Å². The number of carbonyl (C=O) groups excluding carboxylic acids is 3. The van der Waals surface area contributed by atoms with Crippen molar-refractivity contribution in [2.24, 2.45) is 17.8 Å². The number of thioether (sulfide) groups is 1. The Morgan fingerprint density at radius 2 is 2.09 bits per heavy atom. The number of ether oxygens (including phenoxy) is 1. The van der Waals surface area contributed by atoms with Gasteiger partial charge in [0.25, 0.3) is 0 Å². The number of hydrogen-bond donors (Lipinski definition) is 1. The molecule has 3 aliphatic rings. The molecule has 0 saturated carbocycles. The van der Waals surface area contributed by atoms with Crippen molar-refractivity contribution in [1.82, 2.24) is 9.80 Å². The molecule has 1 spiro atoms. The number of nitrogens with zero attached hydrogens (tertiary/aromatic N) is 2. The van der Waals surface area contributed by atoms with E-state index in [9.17, 15) is 14.4 Å². The summed E-state index contributed by atoms with van der Waals surface area (Å²) in [5.74, 6) is -1.32. The van der Waals surface area contributed by atoms with Crippen molar-refractivity contribution < 1.29 is 24.2 Å². The molecule has 3 unspecified atom stereocenters. The van der Waals surface area contributed by atoms with Crippen molar-refractivity contribution in [3.8, 4) is 0 Å². The first-order valence-corrected chi connectivity index (χ1v) is 12.8. The average Bonchev–Trinajstić information content (AvgIpc) is 3.33. The van der Waals surface area contributed by atoms with Gasteiger partial charge in [-0.15, -0.1) is 18.3 Å². The maximum atomic E-state index is 14.0. The van der Waals surface area contributed by atoms with E-state index in [4.69, 9.17) is 9.84 Å². The van der Waals surface area contributed by atoms with Crippen LogP contribution in [0.2, 0.25) is 0 Å². The Balaban J connectivity index is 2.02. The van der Waals surface area contributed by atoms with Crippen LogP contribution in [0.25, 0.3) is 0 Å². The number of unbranched alkanes of at least 4 members (excludes halogenated alkanes) is 2. The van der Waals surface area contributed by atoms with Gasteiger partial charge in [0, 0.05) is 31.0 Å². The lowest BCUT2D eigenvalue weighted by Gasteiger charge is -2.41. The number of esters is 1. The molecule has 0 aliphatic carbocycles. The molecule has 32 heavy (non-hydrogen) atoms. The van der Waals surface area contributed by atoms with Gasteiger partial charge in [-0.1, -0.05) is 13.0 Å². The third-order valence-electron chi connectivity index (χ3n) is 7.33. The topological polar surface area (TPSA) is 87.2 Å². The van der Waals surface area contributed by atoms with Crippen LogP contribution in [0.3, 0.4) is 0 Å². The van der Waals surface area contributed by atoms with Crippen molar-refractivity contribution in [2.75, 3.05) is 26.3 Å². The van der Waals surface area contributed by atoms with Crippen LogP contribution < -0.4 is 0 Å². The van der Waals surface area contributed by atoms with Gasteiger partial charge in [0.15, 0.2) is 0 Å². The fourth-order valence-corrected chi connectivity index (χ4v) is 8.37. The number of aliphatic hydroxyl groups excluding tert-OH is 1. The summed E-state index contributed by atoms with van der Waals surface area (Å²) in [5.41, 5.74) is 0. The van der Waals surface area contributed by atoms with Gasteiger partial charge in [0.05, 0.1) is 23.2 Å². The Kier molecular flexibility index (Phi) is 7.97. The van der Waals surface area contributed by atoms with Gasteiger partial charge in [-0.25, -0.2) is 0 Å². The molecule has 7 nitrogen and oxygen atoms in total. The highest BCUT2D eigenvalue weighted by atomic mass is 32.2. The molecule has 3 saturated heterocycles. The van der Waals surface area contributed by atoms with Crippen LogP contribution >= 0.6 is 11.8 Å². The fourth-order valence-electron chi connectivity index (χ4n) is 5.97. The minimum absolute atomic E-state index is 0.0109. The monoisotopic (exact) mass is 466 g/mol. The summed E-state index contributed by atoms with van der Waals surface area (Å²) in [5, 5.41) is 9.15. The predicted molar refractivity (Wildman–Crippen MR) is 125 cm³/mol. The third kappa shape index (κ3) is 3.98. The van der Waals surface area contributed by atoms with E-state index >= 15 is 0 Å². The van der Waals surface area contributed by atoms with Gasteiger partial charge >= 0.3 is 5.97 Å². The molecule has 8 heteroatoms. The highest BCUT2D eigenvalue weighted by Gasteiger charge is 2.76. The summed E-state index contributed by atoms with van der Waals surface area (Å²) in [4.78, 5) is 44.3. The average molecular weight is 467 g/mol. The largest absolute Gasteiger partial charge is 0.466 e. The molecule has 1 N–H and O–H groups in total. The number of likely N-dealkylation sites (tertiary alicyclic amines) is 1. The standard InChI is InChI=1S/C24H38N2O5S/c1-6-11-25(15(3)4)22(29)20-24-16(5)14-17(32-24)18(23(30)31-7-2)19(24)21(28)26(20)12-9-8-10-13-27/h6,15-20,27H,1,7-14H2,2-5H3/t16?,17-,18+,19+,20?,24?/m1/s1. The first-order valence-electron chi connectivity index (χ1n) is 11.9. The lowest BCUT2D eigenvalue weighted by molar-refractivity contribution is -0.154. The molecule has 0 aromatic carbocycles. The number of rotatable bonds is 11. The minimum atomic E-state index is -0.610. The van der Waals surface area contributed by atoms with Gasteiger partial charge in [-0.05, 0) is 52.4 Å². The Hall–Kier alpha value is -1.54. The first-order chi connectivity index (χ1) is 15.3. The fraction of sp³-hybridized carbons (Fsp3) is 0.792. The zero-order valence-corrected chi connectivity index (χ0v) is 20.6. The Morgan fingerprint density at radius 3 is 2.69 bits per heavy atom. The lowest BCUT2D eigenvalue weighted by Crippen LogP contribution is -2.58. The summed E-state index contributed by atoms with van der Waals surface area (Å²) in [6.45, 7) is 12.9. The highest BCUT2D eigenvalue weighted by Crippen LogP contribution is 2.68. The molecular weight excluding hydrogens is 428 g/mol. The maximum absolute atomic E-state index is 14.0. The summed E-state index contributed by atoms with van der Waals surface area (Å²) < 4.78 is 4.77. The highest BCUT2D eigenvalue weighted by molar-refractivity contribution is 8.02. The van der Waals surface area contributed by atoms with Crippen LogP contribution in [0.15, 0.2) is 12.7 Å². The summed E-state index contributed by atoms with van der Waals surface area (Å²) >= 11 is 1.68. The van der Waals surface area contributed by atoms with E-state index in [2.05, 4.69) is 13.5 Å². The van der Waals surface area contributed by atoms with Crippen molar-refractivity contribution in [3.05, 3.63) is 12.7 Å². The lowest BCUT2D eigenvalue weighted by atomic mass is 9.66. The summed E-state index contributed by atoms with van der Waals surface area (Å²) in [6, 6.07) is -0.622. The van der Waals surface area contributed by atoms with Gasteiger partial charge in [-0.2, -0.15) is 0 Å². The molecule has 6 atom stereocenters. The van der Waals surface area contributed by atoms with Crippen LogP contribution in [0, 0.1) is 17.8 Å². The smallest absolute Gasteiger partial charge is 0.310 e. The van der Waals surface area contributed by atoms with E-state index in [1.54, 1.807) is 34.6 Å². The van der Waals surface area contributed by atoms with Crippen molar-refractivity contribution >= 4 is 29.5 Å². The first kappa shape index (κ1) is 25.1. The van der Waals surface area contributed by atoms with Crippen LogP contribution in [0.4, 0.5) is 0 Å². The van der Waals surface area contributed by atoms with E-state index in [0.717, 1.165) is 12.8 Å². The van der Waals surface area contributed by atoms with Gasteiger partial charge in [0.1, 0.15) is 6.04 Å². The predicted octanol–water partition coefficient (Wildman–Crippen LogP) is 2.47. The minimum Gasteiger partial charge on any atom is -0.466 e. The number of carbonyl (C=O) groups is 3. The molecule has 2 amide bonds. The van der Waals surface area contributed by atoms with Crippen molar-refractivity contribution in [2.45, 2.75) is 75.5 Å². The molecule has 3 rings (SSSR count). The van der Waals surface area contributed by atoms with E-state index < -0.39 is 22.6 Å². The van der Waals surface area contributed by atoms with Crippen molar-refractivity contribution in [3.63, 3.8) is 0 Å². The van der Waals surface area contributed by atoms with Crippen LogP contribution in [-0.4, -0.2) is 81.1 Å². The Labute approximate surface area is 195 Å². The van der Waals surface area contributed by atoms with Crippen LogP contribution in [0.1, 0.15) is 53.4 Å². The molecule has 3 heterocycles. The number of hydrogen-bond acceptors (Lipinski definition) is 6. The van der Waals surface area contributed by atoms with E-state index in [-0.39, 0.29) is 48.2 Å². The zero-order valence-electron chi connectivity index (χ0n) is 19.8. The number of aliphatic hydroxyl groups is 1. The number of fused-ring (bicyclic) bond motifs is 1.